The number of hydrogen-bond donors (Lipinski definition) is 1. The smallest absolute Gasteiger partial charge is 0.333 e. The highest BCUT2D eigenvalue weighted by Crippen LogP contribution is 2.34. The van der Waals surface area contributed by atoms with Gasteiger partial charge in [0, 0.05) is 22.3 Å². The summed E-state index contributed by atoms with van der Waals surface area (Å²) in [4.78, 5) is 11.9. The van der Waals surface area contributed by atoms with Crippen LogP contribution in [-0.4, -0.2) is 24.3 Å². The zero-order chi connectivity index (χ0) is 30.1. The first-order valence-corrected chi connectivity index (χ1v) is 14.2. The maximum Gasteiger partial charge on any atom is 0.333 e. The molecule has 0 saturated carbocycles. The molecule has 0 heterocycles. The molecule has 0 spiro atoms. The number of unbranched alkanes of at least 4 members (excludes halogenated alkanes) is 2. The normalized spacial score (nSPS) is 10.9. The fourth-order valence-corrected chi connectivity index (χ4v) is 4.71. The highest BCUT2D eigenvalue weighted by molar-refractivity contribution is 5.87. The minimum atomic E-state index is -0.559. The van der Waals surface area contributed by atoms with Crippen molar-refractivity contribution < 1.29 is 28.2 Å². The van der Waals surface area contributed by atoms with Crippen LogP contribution in [0.5, 0.6) is 5.75 Å². The Bertz CT molecular complexity index is 1540. The van der Waals surface area contributed by atoms with E-state index in [0.29, 0.717) is 33.6 Å². The summed E-state index contributed by atoms with van der Waals surface area (Å²) in [7, 11) is 0. The number of aliphatic hydroxyl groups excluding tert-OH is 1. The third-order valence-electron chi connectivity index (χ3n) is 7.03. The molecule has 1 N–H and O–H groups in total. The van der Waals surface area contributed by atoms with Gasteiger partial charge in [-0.15, -0.1) is 0 Å². The highest BCUT2D eigenvalue weighted by atomic mass is 19.1. The minimum Gasteiger partial charge on any atom is -0.491 e. The molecule has 4 aromatic rings. The van der Waals surface area contributed by atoms with Crippen LogP contribution in [0.15, 0.2) is 91.0 Å². The fourth-order valence-electron chi connectivity index (χ4n) is 4.71. The summed E-state index contributed by atoms with van der Waals surface area (Å²) >= 11 is 0. The molecule has 0 aliphatic rings. The SMILES string of the molecule is C=C(C)C(=O)OCc1cc(-c2ccc(-c3ccc(-c4ccc(CCCCC)cc4)cc3F)cc2F)ccc1OCCO. The largest absolute Gasteiger partial charge is 0.491 e. The maximum atomic E-state index is 15.4. The molecule has 0 aromatic heterocycles. The molecule has 4 nitrogen and oxygen atoms in total. The Morgan fingerprint density at radius 3 is 2.02 bits per heavy atom. The minimum absolute atomic E-state index is 0.0541. The van der Waals surface area contributed by atoms with E-state index in [-0.39, 0.29) is 25.4 Å². The molecule has 6 heteroatoms. The number of carbonyl (C=O) groups excluding carboxylic acids is 1. The number of halogens is 2. The lowest BCUT2D eigenvalue weighted by Crippen LogP contribution is -2.08. The van der Waals surface area contributed by atoms with Crippen molar-refractivity contribution in [1.29, 1.82) is 0 Å². The van der Waals surface area contributed by atoms with Crippen LogP contribution in [0, 0.1) is 11.6 Å². The second-order valence-electron chi connectivity index (χ2n) is 10.3. The molecule has 0 atom stereocenters. The molecule has 42 heavy (non-hydrogen) atoms. The van der Waals surface area contributed by atoms with Gasteiger partial charge in [0.1, 0.15) is 30.6 Å². The molecule has 0 aliphatic heterocycles. The molecule has 0 radical (unpaired) electrons. The third kappa shape index (κ3) is 7.71. The molecule has 4 rings (SSSR count). The fraction of sp³-hybridized carbons (Fsp3) is 0.250. The zero-order valence-electron chi connectivity index (χ0n) is 24.1. The van der Waals surface area contributed by atoms with Crippen LogP contribution in [0.1, 0.15) is 44.2 Å². The van der Waals surface area contributed by atoms with Crippen LogP contribution < -0.4 is 4.74 Å². The Balaban J connectivity index is 1.55. The Morgan fingerprint density at radius 2 is 1.40 bits per heavy atom. The lowest BCUT2D eigenvalue weighted by molar-refractivity contribution is -0.140. The van der Waals surface area contributed by atoms with Gasteiger partial charge in [0.15, 0.2) is 0 Å². The summed E-state index contributed by atoms with van der Waals surface area (Å²) in [5.41, 5.74) is 5.28. The predicted octanol–water partition coefficient (Wildman–Crippen LogP) is 8.69. The molecule has 218 valence electrons. The Morgan fingerprint density at radius 1 is 0.810 bits per heavy atom. The summed E-state index contributed by atoms with van der Waals surface area (Å²) in [6, 6.07) is 22.8. The van der Waals surface area contributed by atoms with Gasteiger partial charge in [-0.05, 0) is 71.8 Å². The Labute approximate surface area is 246 Å². The maximum absolute atomic E-state index is 15.4. The summed E-state index contributed by atoms with van der Waals surface area (Å²) in [6.07, 6.45) is 4.58. The molecule has 0 saturated heterocycles. The summed E-state index contributed by atoms with van der Waals surface area (Å²) in [5, 5.41) is 9.14. The van der Waals surface area contributed by atoms with E-state index in [1.165, 1.54) is 30.5 Å². The average molecular weight is 571 g/mol. The molecule has 0 aliphatic carbocycles. The number of esters is 1. The van der Waals surface area contributed by atoms with Gasteiger partial charge in [-0.25, -0.2) is 13.6 Å². The Kier molecular flexibility index (Phi) is 10.6. The molecule has 0 amide bonds. The highest BCUT2D eigenvalue weighted by Gasteiger charge is 2.15. The van der Waals surface area contributed by atoms with Crippen molar-refractivity contribution in [3.63, 3.8) is 0 Å². The molecular formula is C36H36F2O4. The van der Waals surface area contributed by atoms with Crippen LogP contribution in [0.4, 0.5) is 8.78 Å². The number of aryl methyl sites for hydroxylation is 1. The van der Waals surface area contributed by atoms with E-state index in [9.17, 15) is 4.79 Å². The van der Waals surface area contributed by atoms with E-state index >= 15 is 8.78 Å². The summed E-state index contributed by atoms with van der Waals surface area (Å²) < 4.78 is 41.5. The van der Waals surface area contributed by atoms with Crippen molar-refractivity contribution in [1.82, 2.24) is 0 Å². The van der Waals surface area contributed by atoms with Gasteiger partial charge < -0.3 is 14.6 Å². The second-order valence-corrected chi connectivity index (χ2v) is 10.3. The number of rotatable bonds is 13. The summed E-state index contributed by atoms with van der Waals surface area (Å²) in [5.74, 6) is -1.11. The Hall–Kier alpha value is -4.29. The van der Waals surface area contributed by atoms with Crippen molar-refractivity contribution >= 4 is 5.97 Å². The first-order chi connectivity index (χ1) is 20.3. The molecule has 0 bridgehead atoms. The van der Waals surface area contributed by atoms with E-state index in [1.54, 1.807) is 43.3 Å². The third-order valence-corrected chi connectivity index (χ3v) is 7.03. The quantitative estimate of drug-likeness (QED) is 0.0993. The number of carbonyl (C=O) groups is 1. The van der Waals surface area contributed by atoms with Crippen molar-refractivity contribution in [3.05, 3.63) is 114 Å². The van der Waals surface area contributed by atoms with Crippen molar-refractivity contribution in [2.24, 2.45) is 0 Å². The van der Waals surface area contributed by atoms with E-state index in [2.05, 4.69) is 25.6 Å². The first kappa shape index (κ1) is 30.7. The molecule has 0 unspecified atom stereocenters. The first-order valence-electron chi connectivity index (χ1n) is 14.2. The zero-order valence-corrected chi connectivity index (χ0v) is 24.1. The number of benzene rings is 4. The van der Waals surface area contributed by atoms with Crippen LogP contribution in [-0.2, 0) is 22.6 Å². The summed E-state index contributed by atoms with van der Waals surface area (Å²) in [6.45, 7) is 7.06. The average Bonchev–Trinajstić information content (AvgIpc) is 2.99. The molecular weight excluding hydrogens is 534 g/mol. The van der Waals surface area contributed by atoms with Crippen molar-refractivity contribution in [2.75, 3.05) is 13.2 Å². The lowest BCUT2D eigenvalue weighted by atomic mass is 9.96. The van der Waals surface area contributed by atoms with E-state index in [4.69, 9.17) is 14.6 Å². The van der Waals surface area contributed by atoms with E-state index < -0.39 is 17.6 Å². The number of ether oxygens (including phenoxy) is 2. The van der Waals surface area contributed by atoms with Gasteiger partial charge in [0.2, 0.25) is 0 Å². The van der Waals surface area contributed by atoms with Gasteiger partial charge >= 0.3 is 5.97 Å². The number of hydrogen-bond acceptors (Lipinski definition) is 4. The van der Waals surface area contributed by atoms with Crippen molar-refractivity contribution in [2.45, 2.75) is 46.1 Å². The topological polar surface area (TPSA) is 55.8 Å². The molecule has 4 aromatic carbocycles. The number of aliphatic hydroxyl groups is 1. The van der Waals surface area contributed by atoms with E-state index in [1.807, 2.05) is 18.2 Å². The van der Waals surface area contributed by atoms with Crippen LogP contribution in [0.3, 0.4) is 0 Å². The molecule has 0 fully saturated rings. The van der Waals surface area contributed by atoms with Gasteiger partial charge in [-0.3, -0.25) is 0 Å². The monoisotopic (exact) mass is 570 g/mol. The van der Waals surface area contributed by atoms with Gasteiger partial charge in [-0.1, -0.05) is 80.9 Å². The van der Waals surface area contributed by atoms with Crippen LogP contribution >= 0.6 is 0 Å². The van der Waals surface area contributed by atoms with Gasteiger partial charge in [0.05, 0.1) is 6.61 Å². The predicted molar refractivity (Wildman–Crippen MR) is 163 cm³/mol. The standard InChI is InChI=1S/C36H36F2O4/c1-4-5-6-7-25-8-10-26(11-9-25)27-12-15-32(33(37)21-27)29-13-16-31(34(38)22-29)28-14-17-35(41-19-18-39)30(20-28)23-42-36(40)24(2)3/h8-17,20-22,39H,2,4-7,18-19,23H2,1,3H3. The van der Waals surface area contributed by atoms with E-state index in [0.717, 1.165) is 24.0 Å². The van der Waals surface area contributed by atoms with Crippen molar-refractivity contribution in [3.8, 4) is 39.1 Å². The second kappa shape index (κ2) is 14.6. The van der Waals surface area contributed by atoms with Gasteiger partial charge in [0.25, 0.3) is 0 Å². The van der Waals surface area contributed by atoms with Crippen LogP contribution in [0.25, 0.3) is 33.4 Å². The lowest BCUT2D eigenvalue weighted by Gasteiger charge is -2.14. The van der Waals surface area contributed by atoms with Crippen LogP contribution in [0.2, 0.25) is 0 Å². The van der Waals surface area contributed by atoms with Gasteiger partial charge in [-0.2, -0.15) is 0 Å².